The summed E-state index contributed by atoms with van der Waals surface area (Å²) in [5.41, 5.74) is 19.0. The zero-order chi connectivity index (χ0) is 83.1. The Labute approximate surface area is 783 Å². The summed E-state index contributed by atoms with van der Waals surface area (Å²) in [6.07, 6.45) is -25.6. The van der Waals surface area contributed by atoms with Gasteiger partial charge in [0.1, 0.15) is 91.9 Å². The number of nitro groups is 1. The van der Waals surface area contributed by atoms with Crippen molar-refractivity contribution in [1.29, 1.82) is 0 Å². The number of nitrogens with zero attached hydrogens (tertiary/aromatic N) is 15. The van der Waals surface area contributed by atoms with E-state index < -0.39 is 216 Å². The van der Waals surface area contributed by atoms with Gasteiger partial charge < -0.3 is 133 Å². The number of aromatic amines is 2. The number of aliphatic hydroxyl groups excluding tert-OH is 3. The quantitative estimate of drug-likeness (QED) is 0.00472. The normalized spacial score (nSPS) is 27.1. The summed E-state index contributed by atoms with van der Waals surface area (Å²) in [5, 5.41) is 58.9. The molecule has 8 aromatic heterocycles. The first-order chi connectivity index (χ1) is 54.1. The molecule has 12 heterocycles. The third-order valence-electron chi connectivity index (χ3n) is 18.1. The SMILES string of the molecule is CO[C@H]1C(OP(=O)([O-])OC[C@H]2O[C@@H](n3cnc4c(=O)[nH]c(N)nc43)[C@@H](OC)C2OP(=O)([O-])OC[C@H]2O[C@@H](n3cnc4c(=O)[nH]c(N)nc43)[C@@H](O)C2O)[C@@H](COP(=O)([O-])OP(=O)([O-])OP(=O)([O-])OC[C@H]2O[C@@H]([n+]3cn(C)c4c([O-])nc(N)nc43)C(OCOC(c3ccccc3[N+](=O)[O-])C(C)(C)C)[C@H]2O)O[C@H]1n1cnc2c(N)ncnc21.[Na+].[Na+].[Na+].[Na+].[Na+]. The number of methoxy groups -OCH3 is 2. The molecule has 4 aliphatic heterocycles. The number of fused-ring (bicyclic) bond motifs is 4. The Hall–Kier alpha value is -3.39. The standard InChI is InChI=1S/C55H72N21O34P5.5Na/c1-55(2,3)39(21-9-7-8-10-22(21)76(83)84)98-20-97-36-32(78)24(104-49(36)75-19-71(4)30-44(75)67-54(59)70-47(30)82)12-101-113(89,90)109-115(93,94)110-114(91,92)102-14-26-35(37(95-5)50(105-26)72-16-62-27-40(56)60-15-61-41(27)72)108-112(87,88)100-13-25-34(38(96-6)51(106-25)74-18-64-29-43(74)66-53(58)69-46(29)81)107-111(85,86)99-11-23-31(77)33(79)48(103-23)73-17-63-28-42(73)65-52(57)68-45(28)80;;;;;/h7-10,15-19,23-26,31-39,48-51,77-79H,11-14,20H2,1-6H3,(H15-,56,57,58,59,60,61,65,66,67,68,69,70,80,81,82,85,86,87,88,89,90,91,92,93,94);;;;;/q;5*+1/p-5/t23-,24-,25-,26-,31?,32+,33+,34?,35?,36?,37+,38+,39?,48-,49-,50-,51-;;;;;/m1...../s1. The topological polar surface area (TPSA) is 785 Å². The Morgan fingerprint density at radius 2 is 1.06 bits per heavy atom. The van der Waals surface area contributed by atoms with E-state index in [4.69, 9.17) is 88.0 Å². The van der Waals surface area contributed by atoms with Crippen LogP contribution in [-0.2, 0) is 104 Å². The summed E-state index contributed by atoms with van der Waals surface area (Å²) >= 11 is 0. The van der Waals surface area contributed by atoms with Crippen LogP contribution in [0.4, 0.5) is 29.4 Å². The second-order valence-corrected chi connectivity index (χ2v) is 33.9. The molecule has 0 spiro atoms. The van der Waals surface area contributed by atoms with E-state index in [9.17, 15) is 87.4 Å². The smallest absolute Gasteiger partial charge is 0.856 e. The summed E-state index contributed by atoms with van der Waals surface area (Å²) in [7, 11) is -28.4. The number of ether oxygens (including phenoxy) is 8. The fourth-order valence-electron chi connectivity index (χ4n) is 13.2. The van der Waals surface area contributed by atoms with Gasteiger partial charge in [-0.3, -0.25) is 70.8 Å². The number of anilines is 4. The Morgan fingerprint density at radius 3 is 1.57 bits per heavy atom. The van der Waals surface area contributed by atoms with Crippen LogP contribution in [0.1, 0.15) is 57.4 Å². The number of phosphoric ester groups is 4. The number of aliphatic hydroxyl groups is 3. The number of nitrogens with one attached hydrogen (secondary N) is 2. The number of nitrogen functional groups attached to an aromatic ring is 4. The van der Waals surface area contributed by atoms with Crippen molar-refractivity contribution in [2.75, 3.05) is 70.4 Å². The number of hydrogen-bond donors (Lipinski definition) is 9. The minimum atomic E-state index is -6.82. The maximum absolute atomic E-state index is 14.4. The van der Waals surface area contributed by atoms with Crippen LogP contribution in [0.2, 0.25) is 0 Å². The fourth-order valence-corrected chi connectivity index (χ4v) is 18.4. The van der Waals surface area contributed by atoms with Crippen molar-refractivity contribution in [3.8, 4) is 5.88 Å². The van der Waals surface area contributed by atoms with Crippen molar-refractivity contribution >= 4 is 113 Å². The average Bonchev–Trinajstić information content (AvgIpc) is 1.62. The van der Waals surface area contributed by atoms with Gasteiger partial charge in [-0.2, -0.15) is 9.97 Å². The molecular weight excluding hydrogens is 1770 g/mol. The molecule has 22 atom stereocenters. The van der Waals surface area contributed by atoms with E-state index in [-0.39, 0.29) is 215 Å². The summed E-state index contributed by atoms with van der Waals surface area (Å²) in [6.45, 7) is -1.07. The molecule has 9 aromatic rings. The van der Waals surface area contributed by atoms with E-state index in [1.54, 1.807) is 20.8 Å². The van der Waals surface area contributed by atoms with Crippen molar-refractivity contribution in [2.45, 2.75) is 125 Å². The van der Waals surface area contributed by atoms with Crippen LogP contribution in [0.25, 0.3) is 44.7 Å². The number of phosphoric acid groups is 5. The van der Waals surface area contributed by atoms with Gasteiger partial charge in [-0.05, 0) is 11.5 Å². The molecule has 55 nitrogen and oxygen atoms in total. The minimum Gasteiger partial charge on any atom is -0.856 e. The molecule has 0 amide bonds. The van der Waals surface area contributed by atoms with Crippen LogP contribution < -0.4 is 216 Å². The second-order valence-electron chi connectivity index (χ2n) is 26.7. The summed E-state index contributed by atoms with van der Waals surface area (Å²) < 4.78 is 161. The molecule has 4 saturated heterocycles. The first-order valence-corrected chi connectivity index (χ1v) is 40.6. The number of aromatic nitrogens is 16. The number of H-pyrrole nitrogens is 2. The van der Waals surface area contributed by atoms with Gasteiger partial charge in [-0.15, -0.1) is 0 Å². The van der Waals surface area contributed by atoms with E-state index >= 15 is 0 Å². The molecule has 1 aromatic carbocycles. The van der Waals surface area contributed by atoms with Gasteiger partial charge in [0.25, 0.3) is 61.9 Å². The van der Waals surface area contributed by atoms with Gasteiger partial charge in [0.05, 0.1) is 69.0 Å². The van der Waals surface area contributed by atoms with Crippen molar-refractivity contribution in [2.24, 2.45) is 12.5 Å². The van der Waals surface area contributed by atoms with Crippen LogP contribution in [0.15, 0.2) is 65.5 Å². The van der Waals surface area contributed by atoms with Crippen LogP contribution in [0.5, 0.6) is 5.88 Å². The molecule has 13 rings (SSSR count). The minimum absolute atomic E-state index is 0. The average molecular weight is 1840 g/mol. The molecule has 4 aliphatic rings. The van der Waals surface area contributed by atoms with Crippen LogP contribution in [0, 0.1) is 15.5 Å². The van der Waals surface area contributed by atoms with E-state index in [1.807, 2.05) is 0 Å². The first-order valence-electron chi connectivity index (χ1n) is 33.3. The predicted octanol–water partition coefficient (Wildman–Crippen LogP) is -20.2. The zero-order valence-corrected chi connectivity index (χ0v) is 79.3. The largest absolute Gasteiger partial charge is 1.00 e. The maximum atomic E-state index is 14.4. The molecule has 0 aliphatic carbocycles. The number of rotatable bonds is 32. The van der Waals surface area contributed by atoms with Gasteiger partial charge in [0, 0.05) is 26.2 Å². The fraction of sp³-hybridized carbons (Fsp3) is 0.527. The summed E-state index contributed by atoms with van der Waals surface area (Å²) in [4.78, 5) is 146. The number of benzene rings is 1. The molecule has 0 radical (unpaired) electrons. The van der Waals surface area contributed by atoms with Crippen LogP contribution >= 0.6 is 39.1 Å². The van der Waals surface area contributed by atoms with E-state index in [2.05, 4.69) is 63.4 Å². The van der Waals surface area contributed by atoms with Crippen molar-refractivity contribution in [1.82, 2.24) is 73.1 Å². The van der Waals surface area contributed by atoms with Gasteiger partial charge in [0.2, 0.25) is 18.1 Å². The van der Waals surface area contributed by atoms with E-state index in [0.29, 0.717) is 0 Å². The van der Waals surface area contributed by atoms with Crippen molar-refractivity contribution < 1.29 is 299 Å². The number of para-hydroxylation sites is 1. The number of imidazole rings is 4. The molecule has 65 heteroatoms. The third-order valence-corrected chi connectivity index (χ3v) is 24.1. The number of hydrogen-bond acceptors (Lipinski definition) is 47. The number of nitrogens with two attached hydrogens (primary N) is 4. The van der Waals surface area contributed by atoms with Gasteiger partial charge in [-0.1, -0.05) is 37.9 Å². The zero-order valence-electron chi connectivity index (χ0n) is 64.8. The van der Waals surface area contributed by atoms with E-state index in [0.717, 1.165) is 57.8 Å². The van der Waals surface area contributed by atoms with Crippen molar-refractivity contribution in [3.05, 3.63) is 92.3 Å². The maximum Gasteiger partial charge on any atom is 1.00 e. The summed E-state index contributed by atoms with van der Waals surface area (Å²) in [5.74, 6) is -2.40. The van der Waals surface area contributed by atoms with Gasteiger partial charge in [0.15, 0.2) is 64.3 Å². The number of aryl methyl sites for hydroxylation is 1. The van der Waals surface area contributed by atoms with Crippen LogP contribution in [0.3, 0.4) is 0 Å². The summed E-state index contributed by atoms with van der Waals surface area (Å²) in [6, 6.07) is 5.65. The second kappa shape index (κ2) is 40.5. The van der Waals surface area contributed by atoms with Gasteiger partial charge >= 0.3 is 153 Å². The molecular formula is C55H67N21Na5O34P5. The van der Waals surface area contributed by atoms with E-state index in [1.165, 1.54) is 42.2 Å². The molecule has 10 unspecified atom stereocenters. The Bertz CT molecular complexity index is 5570. The monoisotopic (exact) mass is 1840 g/mol. The molecule has 120 heavy (non-hydrogen) atoms. The number of nitro benzene ring substituents is 1. The predicted molar refractivity (Wildman–Crippen MR) is 363 cm³/mol. The first kappa shape index (κ1) is 102. The Balaban J connectivity index is 0.00000358. The molecule has 0 saturated carbocycles. The van der Waals surface area contributed by atoms with Crippen molar-refractivity contribution in [3.63, 3.8) is 0 Å². The van der Waals surface area contributed by atoms with Gasteiger partial charge in [-0.25, -0.2) is 43.1 Å². The third kappa shape index (κ3) is 22.1. The van der Waals surface area contributed by atoms with Crippen LogP contribution in [-0.4, -0.2) is 214 Å². The molecule has 4 fully saturated rings. The molecule has 0 bridgehead atoms. The molecule has 13 N–H and O–H groups in total. The molecule has 626 valence electrons. The Kier molecular flexibility index (Phi) is 34.4. The Morgan fingerprint density at radius 1 is 0.592 bits per heavy atom.